The predicted octanol–water partition coefficient (Wildman–Crippen LogP) is 3.80. The first-order valence-corrected chi connectivity index (χ1v) is 9.13. The van der Waals surface area contributed by atoms with Gasteiger partial charge in [0, 0.05) is 31.5 Å². The minimum Gasteiger partial charge on any atom is -0.380 e. The van der Waals surface area contributed by atoms with Gasteiger partial charge in [-0.3, -0.25) is 4.99 Å². The van der Waals surface area contributed by atoms with E-state index in [2.05, 4.69) is 10.3 Å². The van der Waals surface area contributed by atoms with Crippen molar-refractivity contribution in [1.82, 2.24) is 0 Å². The van der Waals surface area contributed by atoms with E-state index < -0.39 is 0 Å². The molecule has 0 spiro atoms. The predicted molar refractivity (Wildman–Crippen MR) is 124 cm³/mol. The van der Waals surface area contributed by atoms with Crippen molar-refractivity contribution in [3.63, 3.8) is 0 Å². The Labute approximate surface area is 184 Å². The molecule has 0 atom stereocenters. The van der Waals surface area contributed by atoms with Crippen LogP contribution in [0.25, 0.3) is 0 Å². The summed E-state index contributed by atoms with van der Waals surface area (Å²) in [4.78, 5) is 4.33. The van der Waals surface area contributed by atoms with Crippen LogP contribution in [0.4, 0.5) is 5.69 Å². The number of halogens is 1. The van der Waals surface area contributed by atoms with Crippen LogP contribution in [0.5, 0.6) is 0 Å². The quantitative estimate of drug-likeness (QED) is 0.201. The number of nitrogens with zero attached hydrogens (tertiary/aromatic N) is 1. The van der Waals surface area contributed by atoms with E-state index in [1.54, 1.807) is 7.11 Å². The first-order valence-electron chi connectivity index (χ1n) is 9.13. The van der Waals surface area contributed by atoms with Gasteiger partial charge in [-0.1, -0.05) is 48.5 Å². The number of rotatable bonds is 12. The fourth-order valence-corrected chi connectivity index (χ4v) is 2.45. The van der Waals surface area contributed by atoms with E-state index in [-0.39, 0.29) is 24.0 Å². The molecule has 2 aromatic rings. The second-order valence-corrected chi connectivity index (χ2v) is 5.99. The second kappa shape index (κ2) is 15.3. The standard InChI is InChI=1S/C21H29N3O3.HI/c1-25-17-19-10-5-6-11-20(19)24-21(22)23-12-7-13-26-14-15-27-16-18-8-3-2-4-9-18;/h2-6,8-11H,7,12-17H2,1H3,(H3,22,23,24);1H. The molecule has 0 aliphatic carbocycles. The van der Waals surface area contributed by atoms with Crippen molar-refractivity contribution in [2.75, 3.05) is 38.8 Å². The first kappa shape index (κ1) is 24.4. The Bertz CT molecular complexity index is 684. The van der Waals surface area contributed by atoms with E-state index in [4.69, 9.17) is 19.9 Å². The van der Waals surface area contributed by atoms with Crippen molar-refractivity contribution in [1.29, 1.82) is 0 Å². The summed E-state index contributed by atoms with van der Waals surface area (Å²) in [7, 11) is 1.67. The highest BCUT2D eigenvalue weighted by molar-refractivity contribution is 14.0. The molecule has 0 fully saturated rings. The lowest BCUT2D eigenvalue weighted by molar-refractivity contribution is 0.0403. The normalized spacial score (nSPS) is 11.1. The summed E-state index contributed by atoms with van der Waals surface area (Å²) in [5.41, 5.74) is 9.06. The van der Waals surface area contributed by atoms with Crippen molar-refractivity contribution >= 4 is 35.6 Å². The minimum absolute atomic E-state index is 0. The smallest absolute Gasteiger partial charge is 0.193 e. The van der Waals surface area contributed by atoms with Gasteiger partial charge in [-0.25, -0.2) is 0 Å². The molecule has 3 N–H and O–H groups in total. The Morgan fingerprint density at radius 1 is 0.929 bits per heavy atom. The van der Waals surface area contributed by atoms with Crippen LogP contribution in [0.2, 0.25) is 0 Å². The van der Waals surface area contributed by atoms with Crippen LogP contribution in [0.1, 0.15) is 17.5 Å². The molecule has 0 radical (unpaired) electrons. The van der Waals surface area contributed by atoms with Gasteiger partial charge in [0.1, 0.15) is 0 Å². The average Bonchev–Trinajstić information content (AvgIpc) is 2.69. The second-order valence-electron chi connectivity index (χ2n) is 5.99. The van der Waals surface area contributed by atoms with Gasteiger partial charge >= 0.3 is 0 Å². The van der Waals surface area contributed by atoms with Crippen LogP contribution >= 0.6 is 24.0 Å². The number of guanidine groups is 1. The Kier molecular flexibility index (Phi) is 13.3. The van der Waals surface area contributed by atoms with Gasteiger partial charge in [-0.05, 0) is 18.1 Å². The SMILES string of the molecule is COCc1ccccc1NC(N)=NCCCOCCOCc1ccccc1.I. The Morgan fingerprint density at radius 2 is 1.64 bits per heavy atom. The molecule has 0 amide bonds. The third-order valence-electron chi connectivity index (χ3n) is 3.79. The zero-order chi connectivity index (χ0) is 19.2. The largest absolute Gasteiger partial charge is 0.380 e. The van der Waals surface area contributed by atoms with Gasteiger partial charge in [0.05, 0.1) is 26.4 Å². The van der Waals surface area contributed by atoms with E-state index in [1.807, 2.05) is 54.6 Å². The number of nitrogens with two attached hydrogens (primary N) is 1. The molecular weight excluding hydrogens is 469 g/mol. The maximum Gasteiger partial charge on any atom is 0.193 e. The summed E-state index contributed by atoms with van der Waals surface area (Å²) in [6.07, 6.45) is 0.806. The molecule has 0 saturated carbocycles. The van der Waals surface area contributed by atoms with Gasteiger partial charge in [-0.15, -0.1) is 24.0 Å². The lowest BCUT2D eigenvalue weighted by Gasteiger charge is -2.10. The number of aliphatic imine (C=N–C) groups is 1. The molecule has 0 aliphatic heterocycles. The van der Waals surface area contributed by atoms with Crippen molar-refractivity contribution in [3.05, 3.63) is 65.7 Å². The topological polar surface area (TPSA) is 78.1 Å². The van der Waals surface area contributed by atoms with Crippen LogP contribution in [-0.4, -0.2) is 39.4 Å². The fourth-order valence-electron chi connectivity index (χ4n) is 2.45. The molecule has 6 nitrogen and oxygen atoms in total. The number of benzene rings is 2. The van der Waals surface area contributed by atoms with Crippen molar-refractivity contribution in [2.24, 2.45) is 10.7 Å². The maximum atomic E-state index is 5.94. The monoisotopic (exact) mass is 499 g/mol. The zero-order valence-electron chi connectivity index (χ0n) is 16.3. The van der Waals surface area contributed by atoms with E-state index in [0.29, 0.717) is 45.5 Å². The summed E-state index contributed by atoms with van der Waals surface area (Å²) in [5.74, 6) is 0.393. The Hall–Kier alpha value is -1.68. The van der Waals surface area contributed by atoms with E-state index >= 15 is 0 Å². The van der Waals surface area contributed by atoms with E-state index in [0.717, 1.165) is 17.7 Å². The Morgan fingerprint density at radius 3 is 2.43 bits per heavy atom. The van der Waals surface area contributed by atoms with Crippen LogP contribution in [-0.2, 0) is 27.4 Å². The number of ether oxygens (including phenoxy) is 3. The third kappa shape index (κ3) is 10.0. The highest BCUT2D eigenvalue weighted by atomic mass is 127. The molecule has 28 heavy (non-hydrogen) atoms. The zero-order valence-corrected chi connectivity index (χ0v) is 18.6. The van der Waals surface area contributed by atoms with Crippen LogP contribution < -0.4 is 11.1 Å². The molecule has 0 aliphatic rings. The van der Waals surface area contributed by atoms with Crippen LogP contribution in [0.3, 0.4) is 0 Å². The summed E-state index contributed by atoms with van der Waals surface area (Å²) >= 11 is 0. The van der Waals surface area contributed by atoms with Crippen molar-refractivity contribution in [3.8, 4) is 0 Å². The molecule has 154 valence electrons. The number of hydrogen-bond acceptors (Lipinski definition) is 4. The van der Waals surface area contributed by atoms with E-state index in [1.165, 1.54) is 5.56 Å². The van der Waals surface area contributed by atoms with Gasteiger partial charge in [0.2, 0.25) is 0 Å². The first-order chi connectivity index (χ1) is 13.3. The molecule has 7 heteroatoms. The van der Waals surface area contributed by atoms with Crippen molar-refractivity contribution < 1.29 is 14.2 Å². The number of para-hydroxylation sites is 1. The Balaban J connectivity index is 0.00000392. The summed E-state index contributed by atoms with van der Waals surface area (Å²) < 4.78 is 16.3. The number of anilines is 1. The molecule has 0 aromatic heterocycles. The molecule has 0 bridgehead atoms. The minimum atomic E-state index is 0. The fraction of sp³-hybridized carbons (Fsp3) is 0.381. The highest BCUT2D eigenvalue weighted by Crippen LogP contribution is 2.15. The molecule has 0 heterocycles. The van der Waals surface area contributed by atoms with Gasteiger partial charge < -0.3 is 25.3 Å². The summed E-state index contributed by atoms with van der Waals surface area (Å²) in [6.45, 7) is 3.53. The summed E-state index contributed by atoms with van der Waals surface area (Å²) in [5, 5.41) is 3.12. The summed E-state index contributed by atoms with van der Waals surface area (Å²) in [6, 6.07) is 18.0. The van der Waals surface area contributed by atoms with Crippen LogP contribution in [0.15, 0.2) is 59.6 Å². The molecular formula is C21H30IN3O3. The van der Waals surface area contributed by atoms with E-state index in [9.17, 15) is 0 Å². The lowest BCUT2D eigenvalue weighted by atomic mass is 10.2. The van der Waals surface area contributed by atoms with Gasteiger partial charge in [0.25, 0.3) is 0 Å². The molecule has 0 saturated heterocycles. The van der Waals surface area contributed by atoms with Gasteiger partial charge in [0.15, 0.2) is 5.96 Å². The van der Waals surface area contributed by atoms with Crippen LogP contribution in [0, 0.1) is 0 Å². The number of methoxy groups -OCH3 is 1. The molecule has 2 rings (SSSR count). The average molecular weight is 499 g/mol. The van der Waals surface area contributed by atoms with Gasteiger partial charge in [-0.2, -0.15) is 0 Å². The lowest BCUT2D eigenvalue weighted by Crippen LogP contribution is -2.23. The van der Waals surface area contributed by atoms with Crippen molar-refractivity contribution in [2.45, 2.75) is 19.6 Å². The molecule has 2 aromatic carbocycles. The third-order valence-corrected chi connectivity index (χ3v) is 3.79. The maximum absolute atomic E-state index is 5.94. The number of hydrogen-bond donors (Lipinski definition) is 2. The molecule has 0 unspecified atom stereocenters. The highest BCUT2D eigenvalue weighted by Gasteiger charge is 2.02. The number of nitrogens with one attached hydrogen (secondary N) is 1.